The fraction of sp³-hybridized carbons (Fsp3) is 0.579. The molecule has 0 saturated carbocycles. The number of carbonyl (C=O) groups excluding carboxylic acids is 2. The third-order valence-corrected chi connectivity index (χ3v) is 5.81. The molecule has 1 aliphatic heterocycles. The summed E-state index contributed by atoms with van der Waals surface area (Å²) in [6.07, 6.45) is 0.256. The number of urea groups is 1. The Morgan fingerprint density at radius 3 is 2.44 bits per heavy atom. The van der Waals surface area contributed by atoms with Crippen LogP contribution in [0.2, 0.25) is 0 Å². The standard InChI is InChI=1S/C19H29FN4O2S/c1-4-22-19(26)24-11-13(2)23(10-14(24)3)18(25)9-16(21)12-27-17-7-5-15(20)6-8-17/h5-8,13-14,16H,4,9-12,21H2,1-3H3,(H,22,26)/t13-,14+,16+/m1/s1. The number of hydrogen-bond acceptors (Lipinski definition) is 4. The number of piperazine rings is 1. The highest BCUT2D eigenvalue weighted by atomic mass is 32.2. The average molecular weight is 397 g/mol. The summed E-state index contributed by atoms with van der Waals surface area (Å²) in [7, 11) is 0. The lowest BCUT2D eigenvalue weighted by Gasteiger charge is -2.44. The quantitative estimate of drug-likeness (QED) is 0.723. The van der Waals surface area contributed by atoms with Crippen molar-refractivity contribution in [2.24, 2.45) is 5.73 Å². The first-order valence-corrected chi connectivity index (χ1v) is 10.3. The van der Waals surface area contributed by atoms with Crippen molar-refractivity contribution >= 4 is 23.7 Å². The van der Waals surface area contributed by atoms with E-state index in [-0.39, 0.29) is 42.3 Å². The van der Waals surface area contributed by atoms with Crippen molar-refractivity contribution < 1.29 is 14.0 Å². The Labute approximate surface area is 164 Å². The molecule has 3 N–H and O–H groups in total. The minimum Gasteiger partial charge on any atom is -0.338 e. The number of halogens is 1. The van der Waals surface area contributed by atoms with Gasteiger partial charge in [-0.15, -0.1) is 11.8 Å². The monoisotopic (exact) mass is 396 g/mol. The van der Waals surface area contributed by atoms with Crippen molar-refractivity contribution in [3.05, 3.63) is 30.1 Å². The van der Waals surface area contributed by atoms with Gasteiger partial charge in [0.2, 0.25) is 5.91 Å². The van der Waals surface area contributed by atoms with Gasteiger partial charge >= 0.3 is 6.03 Å². The molecule has 6 nitrogen and oxygen atoms in total. The van der Waals surface area contributed by atoms with Crippen LogP contribution in [0.4, 0.5) is 9.18 Å². The van der Waals surface area contributed by atoms with Gasteiger partial charge in [-0.25, -0.2) is 9.18 Å². The molecule has 0 spiro atoms. The molecule has 0 radical (unpaired) electrons. The van der Waals surface area contributed by atoms with Crippen molar-refractivity contribution in [1.82, 2.24) is 15.1 Å². The Hall–Kier alpha value is -1.80. The molecule has 1 aliphatic rings. The zero-order chi connectivity index (χ0) is 20.0. The van der Waals surface area contributed by atoms with Crippen molar-refractivity contribution in [2.45, 2.75) is 50.2 Å². The van der Waals surface area contributed by atoms with Crippen LogP contribution in [-0.2, 0) is 4.79 Å². The number of benzene rings is 1. The summed E-state index contributed by atoms with van der Waals surface area (Å²) in [6, 6.07) is 5.78. The molecule has 2 rings (SSSR count). The highest BCUT2D eigenvalue weighted by Gasteiger charge is 2.34. The van der Waals surface area contributed by atoms with E-state index in [0.717, 1.165) is 4.90 Å². The SMILES string of the molecule is CCNC(=O)N1C[C@@H](C)N(C(=O)C[C@H](N)CSc2ccc(F)cc2)C[C@@H]1C. The van der Waals surface area contributed by atoms with Crippen molar-refractivity contribution in [3.8, 4) is 0 Å². The number of thioether (sulfide) groups is 1. The molecule has 1 saturated heterocycles. The summed E-state index contributed by atoms with van der Waals surface area (Å²) in [6.45, 7) is 7.39. The molecular weight excluding hydrogens is 367 g/mol. The molecule has 1 heterocycles. The van der Waals surface area contributed by atoms with E-state index < -0.39 is 0 Å². The lowest BCUT2D eigenvalue weighted by atomic mass is 10.1. The normalized spacial score (nSPS) is 21.1. The molecule has 8 heteroatoms. The maximum absolute atomic E-state index is 12.9. The smallest absolute Gasteiger partial charge is 0.317 e. The summed E-state index contributed by atoms with van der Waals surface area (Å²) >= 11 is 1.51. The molecule has 0 aliphatic carbocycles. The van der Waals surface area contributed by atoms with Gasteiger partial charge < -0.3 is 20.9 Å². The molecular formula is C19H29FN4O2S. The van der Waals surface area contributed by atoms with Crippen LogP contribution in [-0.4, -0.2) is 65.3 Å². The first kappa shape index (κ1) is 21.5. The van der Waals surface area contributed by atoms with Crippen LogP contribution in [0.5, 0.6) is 0 Å². The molecule has 1 aromatic carbocycles. The van der Waals surface area contributed by atoms with E-state index in [1.165, 1.54) is 23.9 Å². The summed E-state index contributed by atoms with van der Waals surface area (Å²) in [5.41, 5.74) is 6.14. The van der Waals surface area contributed by atoms with Crippen LogP contribution < -0.4 is 11.1 Å². The van der Waals surface area contributed by atoms with E-state index in [4.69, 9.17) is 5.73 Å². The number of carbonyl (C=O) groups is 2. The van der Waals surface area contributed by atoms with Crippen molar-refractivity contribution in [1.29, 1.82) is 0 Å². The van der Waals surface area contributed by atoms with Gasteiger partial charge in [0.15, 0.2) is 0 Å². The molecule has 27 heavy (non-hydrogen) atoms. The van der Waals surface area contributed by atoms with Crippen LogP contribution in [0.15, 0.2) is 29.2 Å². The second kappa shape index (κ2) is 9.94. The fourth-order valence-electron chi connectivity index (χ4n) is 3.14. The maximum atomic E-state index is 12.9. The zero-order valence-corrected chi connectivity index (χ0v) is 17.0. The van der Waals surface area contributed by atoms with Gasteiger partial charge in [-0.1, -0.05) is 0 Å². The summed E-state index contributed by atoms with van der Waals surface area (Å²) in [5.74, 6) is 0.325. The Bertz CT molecular complexity index is 643. The van der Waals surface area contributed by atoms with E-state index in [1.54, 1.807) is 17.0 Å². The number of nitrogens with zero attached hydrogens (tertiary/aromatic N) is 2. The van der Waals surface area contributed by atoms with Gasteiger partial charge in [-0.3, -0.25) is 4.79 Å². The summed E-state index contributed by atoms with van der Waals surface area (Å²) in [5, 5.41) is 2.82. The van der Waals surface area contributed by atoms with Gasteiger partial charge in [0.1, 0.15) is 5.82 Å². The van der Waals surface area contributed by atoms with Gasteiger partial charge in [0.05, 0.1) is 0 Å². The third kappa shape index (κ3) is 6.10. The lowest BCUT2D eigenvalue weighted by molar-refractivity contribution is -0.136. The first-order valence-electron chi connectivity index (χ1n) is 9.29. The molecule has 3 atom stereocenters. The Kier molecular flexibility index (Phi) is 7.91. The van der Waals surface area contributed by atoms with E-state index in [0.29, 0.717) is 25.4 Å². The van der Waals surface area contributed by atoms with Crippen LogP contribution in [0, 0.1) is 5.82 Å². The Balaban J connectivity index is 1.84. The minimum absolute atomic E-state index is 0.0112. The van der Waals surface area contributed by atoms with E-state index in [1.807, 2.05) is 25.7 Å². The molecule has 0 aromatic heterocycles. The van der Waals surface area contributed by atoms with Crippen LogP contribution in [0.25, 0.3) is 0 Å². The molecule has 1 fully saturated rings. The fourth-order valence-corrected chi connectivity index (χ4v) is 4.00. The Morgan fingerprint density at radius 2 is 1.81 bits per heavy atom. The molecule has 3 amide bonds. The van der Waals surface area contributed by atoms with E-state index >= 15 is 0 Å². The van der Waals surface area contributed by atoms with Crippen LogP contribution in [0.1, 0.15) is 27.2 Å². The van der Waals surface area contributed by atoms with E-state index in [2.05, 4.69) is 5.32 Å². The predicted octanol–water partition coefficient (Wildman–Crippen LogP) is 2.29. The minimum atomic E-state index is -0.281. The average Bonchev–Trinajstić information content (AvgIpc) is 2.62. The van der Waals surface area contributed by atoms with Gasteiger partial charge in [0.25, 0.3) is 0 Å². The topological polar surface area (TPSA) is 78.7 Å². The summed E-state index contributed by atoms with van der Waals surface area (Å²) in [4.78, 5) is 29.3. The number of amides is 3. The van der Waals surface area contributed by atoms with Crippen molar-refractivity contribution in [2.75, 3.05) is 25.4 Å². The number of nitrogens with two attached hydrogens (primary N) is 1. The highest BCUT2D eigenvalue weighted by molar-refractivity contribution is 7.99. The van der Waals surface area contributed by atoms with Crippen LogP contribution >= 0.6 is 11.8 Å². The molecule has 0 bridgehead atoms. The number of hydrogen-bond donors (Lipinski definition) is 2. The highest BCUT2D eigenvalue weighted by Crippen LogP contribution is 2.21. The lowest BCUT2D eigenvalue weighted by Crippen LogP contribution is -2.61. The maximum Gasteiger partial charge on any atom is 0.317 e. The van der Waals surface area contributed by atoms with Gasteiger partial charge in [-0.2, -0.15) is 0 Å². The van der Waals surface area contributed by atoms with Gasteiger partial charge in [-0.05, 0) is 45.0 Å². The van der Waals surface area contributed by atoms with E-state index in [9.17, 15) is 14.0 Å². The number of nitrogens with one attached hydrogen (secondary N) is 1. The van der Waals surface area contributed by atoms with Gasteiger partial charge in [0, 0.05) is 54.8 Å². The van der Waals surface area contributed by atoms with Crippen molar-refractivity contribution in [3.63, 3.8) is 0 Å². The van der Waals surface area contributed by atoms with Crippen LogP contribution in [0.3, 0.4) is 0 Å². The number of rotatable bonds is 6. The molecule has 1 aromatic rings. The largest absolute Gasteiger partial charge is 0.338 e. The molecule has 150 valence electrons. The molecule has 0 unspecified atom stereocenters. The third-order valence-electron chi connectivity index (χ3n) is 4.61. The second-order valence-electron chi connectivity index (χ2n) is 6.96. The second-order valence-corrected chi connectivity index (χ2v) is 8.05. The zero-order valence-electron chi connectivity index (χ0n) is 16.2. The first-order chi connectivity index (χ1) is 12.8. The Morgan fingerprint density at radius 1 is 1.22 bits per heavy atom. The summed E-state index contributed by atoms with van der Waals surface area (Å²) < 4.78 is 12.9. The predicted molar refractivity (Wildman–Crippen MR) is 106 cm³/mol.